The Kier molecular flexibility index (Phi) is 4.89. The van der Waals surface area contributed by atoms with E-state index in [-0.39, 0.29) is 37.0 Å². The number of allylic oxidation sites excluding steroid dienone is 1. The lowest BCUT2D eigenvalue weighted by molar-refractivity contribution is -0.117. The SMILES string of the molecule is N=C(N)/C1=C2\N=CC=C(N2)N2C[C@H](O)C[C@@H]2c2cc(F)cnc2OCCNC1=O. The molecule has 11 heteroatoms. The Bertz CT molecular complexity index is 959. The number of fused-ring (bicyclic) bond motifs is 6. The van der Waals surface area contributed by atoms with E-state index in [0.29, 0.717) is 17.8 Å². The van der Waals surface area contributed by atoms with Gasteiger partial charge in [-0.05, 0) is 18.6 Å². The van der Waals surface area contributed by atoms with Crippen molar-refractivity contribution in [2.45, 2.75) is 18.6 Å². The zero-order valence-corrected chi connectivity index (χ0v) is 15.4. The van der Waals surface area contributed by atoms with Crippen molar-refractivity contribution in [1.82, 2.24) is 20.5 Å². The van der Waals surface area contributed by atoms with Gasteiger partial charge in [0, 0.05) is 18.3 Å². The number of aliphatic hydroxyl groups is 1. The van der Waals surface area contributed by atoms with Gasteiger partial charge < -0.3 is 31.1 Å². The third kappa shape index (κ3) is 3.63. The Labute approximate surface area is 165 Å². The van der Waals surface area contributed by atoms with Gasteiger partial charge in [0.2, 0.25) is 5.88 Å². The quantitative estimate of drug-likeness (QED) is 0.315. The molecule has 29 heavy (non-hydrogen) atoms. The molecule has 0 radical (unpaired) electrons. The van der Waals surface area contributed by atoms with Crippen molar-refractivity contribution in [3.05, 3.63) is 46.9 Å². The molecule has 1 aromatic heterocycles. The molecule has 3 aliphatic heterocycles. The number of pyridine rings is 1. The van der Waals surface area contributed by atoms with E-state index < -0.39 is 29.7 Å². The largest absolute Gasteiger partial charge is 0.476 e. The van der Waals surface area contributed by atoms with Crippen LogP contribution in [-0.2, 0) is 4.79 Å². The number of carbonyl (C=O) groups excluding carboxylic acids is 1. The van der Waals surface area contributed by atoms with E-state index in [2.05, 4.69) is 20.6 Å². The summed E-state index contributed by atoms with van der Waals surface area (Å²) in [7, 11) is 0. The Balaban J connectivity index is 1.81. The van der Waals surface area contributed by atoms with Gasteiger partial charge in [-0.2, -0.15) is 0 Å². The molecular weight excluding hydrogens is 381 g/mol. The molecule has 3 aliphatic rings. The fourth-order valence-corrected chi connectivity index (χ4v) is 3.61. The number of amides is 1. The maximum absolute atomic E-state index is 14.0. The zero-order chi connectivity index (χ0) is 20.5. The van der Waals surface area contributed by atoms with Crippen molar-refractivity contribution >= 4 is 18.0 Å². The first kappa shape index (κ1) is 18.9. The summed E-state index contributed by atoms with van der Waals surface area (Å²) < 4.78 is 19.6. The molecule has 4 rings (SSSR count). The first-order chi connectivity index (χ1) is 13.9. The van der Waals surface area contributed by atoms with Crippen LogP contribution in [0.5, 0.6) is 5.88 Å². The first-order valence-electron chi connectivity index (χ1n) is 9.05. The Morgan fingerprint density at radius 1 is 1.48 bits per heavy atom. The van der Waals surface area contributed by atoms with Gasteiger partial charge in [-0.25, -0.2) is 14.4 Å². The van der Waals surface area contributed by atoms with Crippen molar-refractivity contribution < 1.29 is 19.0 Å². The minimum atomic E-state index is -0.659. The summed E-state index contributed by atoms with van der Waals surface area (Å²) >= 11 is 0. The lowest BCUT2D eigenvalue weighted by Gasteiger charge is -2.31. The van der Waals surface area contributed by atoms with E-state index in [1.54, 1.807) is 6.08 Å². The van der Waals surface area contributed by atoms with Crippen LogP contribution in [-0.4, -0.2) is 58.7 Å². The Hall–Kier alpha value is -3.47. The highest BCUT2D eigenvalue weighted by atomic mass is 19.1. The average Bonchev–Trinajstić information content (AvgIpc) is 3.07. The van der Waals surface area contributed by atoms with E-state index in [0.717, 1.165) is 6.20 Å². The molecule has 0 spiro atoms. The number of aliphatic hydroxyl groups excluding tert-OH is 1. The fourth-order valence-electron chi connectivity index (χ4n) is 3.61. The molecule has 152 valence electrons. The lowest BCUT2D eigenvalue weighted by Crippen LogP contribution is -2.38. The van der Waals surface area contributed by atoms with Crippen LogP contribution >= 0.6 is 0 Å². The molecule has 2 bridgehead atoms. The highest BCUT2D eigenvalue weighted by molar-refractivity contribution is 6.19. The van der Waals surface area contributed by atoms with Crippen LogP contribution in [0.25, 0.3) is 0 Å². The predicted octanol–water partition coefficient (Wildman–Crippen LogP) is -0.500. The molecule has 0 aliphatic carbocycles. The van der Waals surface area contributed by atoms with Gasteiger partial charge in [0.05, 0.1) is 24.9 Å². The summed E-state index contributed by atoms with van der Waals surface area (Å²) in [4.78, 5) is 22.5. The van der Waals surface area contributed by atoms with Gasteiger partial charge in [-0.15, -0.1) is 0 Å². The monoisotopic (exact) mass is 401 g/mol. The molecule has 2 atom stereocenters. The van der Waals surface area contributed by atoms with Crippen LogP contribution in [0, 0.1) is 11.2 Å². The third-order valence-electron chi connectivity index (χ3n) is 4.84. The van der Waals surface area contributed by atoms with E-state index >= 15 is 0 Å². The number of hydrogen-bond donors (Lipinski definition) is 5. The van der Waals surface area contributed by atoms with Crippen molar-refractivity contribution in [2.75, 3.05) is 19.7 Å². The number of halogens is 1. The van der Waals surface area contributed by atoms with E-state index in [4.69, 9.17) is 15.9 Å². The second-order valence-corrected chi connectivity index (χ2v) is 6.80. The summed E-state index contributed by atoms with van der Waals surface area (Å²) in [6.07, 6.45) is 3.88. The normalized spacial score (nSPS) is 26.5. The maximum atomic E-state index is 14.0. The number of aliphatic imine (C=N–C) groups is 1. The highest BCUT2D eigenvalue weighted by Crippen LogP contribution is 2.39. The van der Waals surface area contributed by atoms with Gasteiger partial charge in [0.15, 0.2) is 0 Å². The summed E-state index contributed by atoms with van der Waals surface area (Å²) in [6.45, 7) is 0.458. The number of ether oxygens (including phenoxy) is 1. The van der Waals surface area contributed by atoms with Crippen LogP contribution in [0.4, 0.5) is 4.39 Å². The van der Waals surface area contributed by atoms with Gasteiger partial charge in [-0.3, -0.25) is 10.2 Å². The maximum Gasteiger partial charge on any atom is 0.258 e. The molecular formula is C18H20FN7O3. The molecule has 1 saturated heterocycles. The predicted molar refractivity (Wildman–Crippen MR) is 101 cm³/mol. The first-order valence-corrected chi connectivity index (χ1v) is 9.05. The molecule has 1 amide bonds. The van der Waals surface area contributed by atoms with Crippen LogP contribution in [0.15, 0.2) is 40.5 Å². The van der Waals surface area contributed by atoms with Gasteiger partial charge in [-0.1, -0.05) is 0 Å². The summed E-state index contributed by atoms with van der Waals surface area (Å²) in [5, 5.41) is 23.7. The molecule has 6 N–H and O–H groups in total. The molecule has 4 heterocycles. The zero-order valence-electron chi connectivity index (χ0n) is 15.4. The molecule has 0 unspecified atom stereocenters. The Morgan fingerprint density at radius 3 is 3.10 bits per heavy atom. The van der Waals surface area contributed by atoms with Crippen molar-refractivity contribution in [3.8, 4) is 5.88 Å². The number of nitrogens with zero attached hydrogens (tertiary/aromatic N) is 3. The van der Waals surface area contributed by atoms with Crippen molar-refractivity contribution in [2.24, 2.45) is 10.7 Å². The van der Waals surface area contributed by atoms with E-state index in [9.17, 15) is 14.3 Å². The van der Waals surface area contributed by atoms with Gasteiger partial charge in [0.1, 0.15) is 35.5 Å². The number of carbonyl (C=O) groups is 1. The number of hydrogen-bond acceptors (Lipinski definition) is 8. The number of aromatic nitrogens is 1. The molecule has 10 nitrogen and oxygen atoms in total. The van der Waals surface area contributed by atoms with E-state index in [1.165, 1.54) is 12.3 Å². The minimum Gasteiger partial charge on any atom is -0.476 e. The van der Waals surface area contributed by atoms with Gasteiger partial charge >= 0.3 is 0 Å². The third-order valence-corrected chi connectivity index (χ3v) is 4.84. The summed E-state index contributed by atoms with van der Waals surface area (Å²) in [6, 6.07) is 0.922. The Morgan fingerprint density at radius 2 is 2.31 bits per heavy atom. The molecule has 0 saturated carbocycles. The van der Waals surface area contributed by atoms with E-state index in [1.807, 2.05) is 4.90 Å². The van der Waals surface area contributed by atoms with Crippen molar-refractivity contribution in [3.63, 3.8) is 0 Å². The average molecular weight is 401 g/mol. The molecule has 0 aromatic carbocycles. The smallest absolute Gasteiger partial charge is 0.258 e. The minimum absolute atomic E-state index is 0.0759. The van der Waals surface area contributed by atoms with Crippen LogP contribution in [0.1, 0.15) is 18.0 Å². The number of nitrogens with two attached hydrogens (primary N) is 1. The number of amidine groups is 1. The highest BCUT2D eigenvalue weighted by Gasteiger charge is 2.37. The summed E-state index contributed by atoms with van der Waals surface area (Å²) in [5.41, 5.74) is 6.00. The van der Waals surface area contributed by atoms with Crippen LogP contribution < -0.4 is 21.1 Å². The van der Waals surface area contributed by atoms with Crippen molar-refractivity contribution in [1.29, 1.82) is 5.41 Å². The lowest BCUT2D eigenvalue weighted by atomic mass is 10.0. The second-order valence-electron chi connectivity index (χ2n) is 6.80. The van der Waals surface area contributed by atoms with Crippen LogP contribution in [0.3, 0.4) is 0 Å². The van der Waals surface area contributed by atoms with Crippen LogP contribution in [0.2, 0.25) is 0 Å². The number of nitrogens with one attached hydrogen (secondary N) is 3. The summed E-state index contributed by atoms with van der Waals surface area (Å²) in [5.74, 6) is -0.661. The number of rotatable bonds is 1. The molecule has 1 fully saturated rings. The fraction of sp³-hybridized carbons (Fsp3) is 0.333. The topological polar surface area (TPSA) is 149 Å². The van der Waals surface area contributed by atoms with Gasteiger partial charge in [0.25, 0.3) is 5.91 Å². The standard InChI is InChI=1S/C18H20FN7O3/c19-9-5-11-12-6-10(27)8-26(12)13-1-2-22-16(25-13)14(15(20)21)17(28)23-3-4-29-18(11)24-7-9/h1-2,5,7,10,12,25,27H,3-4,6,8H2,(H3,20,21)(H,23,28)/b16-14-/t10-,12-/m1/s1. The second kappa shape index (κ2) is 7.51. The molecule has 1 aromatic rings.